The first-order valence-electron chi connectivity index (χ1n) is 3.79. The number of carbonyl (C=O) groups excluding carboxylic acids is 1. The number of amides is 2. The van der Waals surface area contributed by atoms with Crippen LogP contribution in [-0.4, -0.2) is 29.2 Å². The fourth-order valence-corrected chi connectivity index (χ4v) is 1.18. The van der Waals surface area contributed by atoms with Gasteiger partial charge >= 0.3 is 6.03 Å². The number of carbonyl (C=O) groups is 1. The number of primary amides is 1. The molecule has 0 saturated heterocycles. The van der Waals surface area contributed by atoms with E-state index in [0.29, 0.717) is 24.7 Å². The maximum absolute atomic E-state index is 10.9. The van der Waals surface area contributed by atoms with Crippen molar-refractivity contribution in [3.63, 3.8) is 0 Å². The number of rotatable bonds is 0. The minimum Gasteiger partial charge on any atom is -0.486 e. The molecule has 2 heterocycles. The van der Waals surface area contributed by atoms with Gasteiger partial charge in [0.15, 0.2) is 11.6 Å². The molecule has 13 heavy (non-hydrogen) atoms. The van der Waals surface area contributed by atoms with Gasteiger partial charge in [-0.05, 0) is 0 Å². The Hall–Kier alpha value is -1.85. The van der Waals surface area contributed by atoms with Gasteiger partial charge in [0.25, 0.3) is 0 Å². The Bertz CT molecular complexity index is 341. The summed E-state index contributed by atoms with van der Waals surface area (Å²) >= 11 is 0. The van der Waals surface area contributed by atoms with Gasteiger partial charge in [-0.1, -0.05) is 0 Å². The normalized spacial score (nSPS) is 14.6. The van der Waals surface area contributed by atoms with E-state index >= 15 is 0 Å². The second kappa shape index (κ2) is 2.89. The highest BCUT2D eigenvalue weighted by Gasteiger charge is 2.22. The Morgan fingerprint density at radius 3 is 3.31 bits per heavy atom. The SMILES string of the molecule is NC(=O)N1CCOc2cncnc21. The van der Waals surface area contributed by atoms with E-state index in [4.69, 9.17) is 10.5 Å². The van der Waals surface area contributed by atoms with E-state index in [1.807, 2.05) is 0 Å². The number of nitrogens with zero attached hydrogens (tertiary/aromatic N) is 3. The molecule has 6 nitrogen and oxygen atoms in total. The number of anilines is 1. The largest absolute Gasteiger partial charge is 0.486 e. The maximum Gasteiger partial charge on any atom is 0.320 e. The predicted octanol–water partition coefficient (Wildman–Crippen LogP) is -0.246. The van der Waals surface area contributed by atoms with E-state index in [1.54, 1.807) is 0 Å². The molecule has 2 rings (SSSR count). The van der Waals surface area contributed by atoms with Crippen molar-refractivity contribution in [3.8, 4) is 5.75 Å². The van der Waals surface area contributed by atoms with Crippen molar-refractivity contribution in [2.24, 2.45) is 5.73 Å². The molecule has 1 aromatic heterocycles. The Morgan fingerprint density at radius 2 is 2.54 bits per heavy atom. The van der Waals surface area contributed by atoms with Gasteiger partial charge in [-0.3, -0.25) is 4.90 Å². The van der Waals surface area contributed by atoms with Crippen LogP contribution in [0.2, 0.25) is 0 Å². The molecule has 6 heteroatoms. The van der Waals surface area contributed by atoms with Crippen LogP contribution < -0.4 is 15.4 Å². The van der Waals surface area contributed by atoms with Crippen molar-refractivity contribution in [1.82, 2.24) is 9.97 Å². The van der Waals surface area contributed by atoms with Crippen molar-refractivity contribution in [2.75, 3.05) is 18.1 Å². The molecule has 0 aromatic carbocycles. The zero-order valence-corrected chi connectivity index (χ0v) is 6.80. The fourth-order valence-electron chi connectivity index (χ4n) is 1.18. The summed E-state index contributed by atoms with van der Waals surface area (Å²) in [7, 11) is 0. The number of ether oxygens (including phenoxy) is 1. The zero-order valence-electron chi connectivity index (χ0n) is 6.80. The van der Waals surface area contributed by atoms with Crippen molar-refractivity contribution >= 4 is 11.8 Å². The molecule has 0 fully saturated rings. The van der Waals surface area contributed by atoms with Gasteiger partial charge in [0.05, 0.1) is 12.7 Å². The molecular formula is C7H8N4O2. The van der Waals surface area contributed by atoms with Crippen molar-refractivity contribution in [3.05, 3.63) is 12.5 Å². The van der Waals surface area contributed by atoms with Gasteiger partial charge in [-0.2, -0.15) is 0 Å². The van der Waals surface area contributed by atoms with Crippen LogP contribution in [0.1, 0.15) is 0 Å². The Kier molecular flexibility index (Phi) is 1.73. The summed E-state index contributed by atoms with van der Waals surface area (Å²) in [5.74, 6) is 0.932. The molecule has 2 N–H and O–H groups in total. The van der Waals surface area contributed by atoms with Gasteiger partial charge in [-0.15, -0.1) is 0 Å². The molecule has 2 amide bonds. The van der Waals surface area contributed by atoms with Gasteiger partial charge in [-0.25, -0.2) is 14.8 Å². The van der Waals surface area contributed by atoms with Crippen LogP contribution in [0.5, 0.6) is 5.75 Å². The summed E-state index contributed by atoms with van der Waals surface area (Å²) < 4.78 is 5.23. The van der Waals surface area contributed by atoms with Crippen LogP contribution >= 0.6 is 0 Å². The van der Waals surface area contributed by atoms with Gasteiger partial charge in [0.2, 0.25) is 0 Å². The quantitative estimate of drug-likeness (QED) is 0.597. The molecule has 1 aliphatic rings. The van der Waals surface area contributed by atoms with E-state index in [0.717, 1.165) is 0 Å². The molecule has 0 saturated carbocycles. The van der Waals surface area contributed by atoms with Crippen LogP contribution in [0.25, 0.3) is 0 Å². The van der Waals surface area contributed by atoms with E-state index in [-0.39, 0.29) is 0 Å². The lowest BCUT2D eigenvalue weighted by Crippen LogP contribution is -2.41. The molecule has 0 spiro atoms. The molecule has 0 unspecified atom stereocenters. The van der Waals surface area contributed by atoms with E-state index < -0.39 is 6.03 Å². The van der Waals surface area contributed by atoms with Crippen molar-refractivity contribution < 1.29 is 9.53 Å². The average molecular weight is 180 g/mol. The Balaban J connectivity index is 2.42. The van der Waals surface area contributed by atoms with E-state index in [1.165, 1.54) is 17.4 Å². The number of fused-ring (bicyclic) bond motifs is 1. The second-order valence-electron chi connectivity index (χ2n) is 2.55. The molecule has 1 aliphatic heterocycles. The highest BCUT2D eigenvalue weighted by molar-refractivity contribution is 5.91. The van der Waals surface area contributed by atoms with Gasteiger partial charge < -0.3 is 10.5 Å². The Morgan fingerprint density at radius 1 is 1.69 bits per heavy atom. The summed E-state index contributed by atoms with van der Waals surface area (Å²) in [6.45, 7) is 0.850. The molecular weight excluding hydrogens is 172 g/mol. The number of nitrogens with two attached hydrogens (primary N) is 1. The average Bonchev–Trinajstić information content (AvgIpc) is 2.17. The van der Waals surface area contributed by atoms with E-state index in [9.17, 15) is 4.79 Å². The highest BCUT2D eigenvalue weighted by atomic mass is 16.5. The first-order valence-corrected chi connectivity index (χ1v) is 3.79. The third-order valence-corrected chi connectivity index (χ3v) is 1.75. The van der Waals surface area contributed by atoms with Crippen LogP contribution in [0.4, 0.5) is 10.6 Å². The summed E-state index contributed by atoms with van der Waals surface area (Å²) in [5, 5.41) is 0. The topological polar surface area (TPSA) is 81.3 Å². The third kappa shape index (κ3) is 1.26. The smallest absolute Gasteiger partial charge is 0.320 e. The fraction of sp³-hybridized carbons (Fsp3) is 0.286. The first kappa shape index (κ1) is 7.78. The number of hydrogen-bond donors (Lipinski definition) is 1. The van der Waals surface area contributed by atoms with Crippen LogP contribution in [0, 0.1) is 0 Å². The van der Waals surface area contributed by atoms with E-state index in [2.05, 4.69) is 9.97 Å². The predicted molar refractivity (Wildman–Crippen MR) is 44.5 cm³/mol. The molecule has 1 aromatic rings. The van der Waals surface area contributed by atoms with Crippen LogP contribution in [0.3, 0.4) is 0 Å². The van der Waals surface area contributed by atoms with Gasteiger partial charge in [0.1, 0.15) is 12.9 Å². The highest BCUT2D eigenvalue weighted by Crippen LogP contribution is 2.26. The van der Waals surface area contributed by atoms with Crippen molar-refractivity contribution in [2.45, 2.75) is 0 Å². The zero-order chi connectivity index (χ0) is 9.26. The lowest BCUT2D eigenvalue weighted by atomic mass is 10.4. The Labute approximate surface area is 74.3 Å². The minimum absolute atomic E-state index is 0.420. The molecule has 0 bridgehead atoms. The summed E-state index contributed by atoms with van der Waals surface area (Å²) in [5.41, 5.74) is 5.15. The van der Waals surface area contributed by atoms with Gasteiger partial charge in [0, 0.05) is 0 Å². The van der Waals surface area contributed by atoms with Crippen LogP contribution in [-0.2, 0) is 0 Å². The standard InChI is InChI=1S/C7H8N4O2/c8-7(12)11-1-2-13-5-3-9-4-10-6(5)11/h3-4H,1-2H2,(H2,8,12). The monoisotopic (exact) mass is 180 g/mol. The maximum atomic E-state index is 10.9. The van der Waals surface area contributed by atoms with Crippen molar-refractivity contribution in [1.29, 1.82) is 0 Å². The lowest BCUT2D eigenvalue weighted by molar-refractivity contribution is 0.246. The lowest BCUT2D eigenvalue weighted by Gasteiger charge is -2.25. The first-order chi connectivity index (χ1) is 6.29. The summed E-state index contributed by atoms with van der Waals surface area (Å²) in [6.07, 6.45) is 2.86. The number of hydrogen-bond acceptors (Lipinski definition) is 4. The molecule has 0 aliphatic carbocycles. The molecule has 0 radical (unpaired) electrons. The second-order valence-corrected chi connectivity index (χ2v) is 2.55. The number of urea groups is 1. The summed E-state index contributed by atoms with van der Waals surface area (Å²) in [4.78, 5) is 20.0. The molecule has 0 atom stereocenters. The summed E-state index contributed by atoms with van der Waals surface area (Å²) in [6, 6.07) is -0.525. The number of aromatic nitrogens is 2. The molecule has 68 valence electrons. The third-order valence-electron chi connectivity index (χ3n) is 1.75. The minimum atomic E-state index is -0.525. The van der Waals surface area contributed by atoms with Crippen LogP contribution in [0.15, 0.2) is 12.5 Å².